The van der Waals surface area contributed by atoms with Crippen LogP contribution in [0.4, 0.5) is 0 Å². The van der Waals surface area contributed by atoms with Gasteiger partial charge in [0.1, 0.15) is 11.1 Å². The second kappa shape index (κ2) is 6.53. The summed E-state index contributed by atoms with van der Waals surface area (Å²) in [5.74, 6) is 1.46. The lowest BCUT2D eigenvalue weighted by molar-refractivity contribution is -0.128. The topological polar surface area (TPSA) is 38.4 Å². The molecule has 1 saturated heterocycles. The molecule has 0 aliphatic carbocycles. The van der Waals surface area contributed by atoms with Crippen molar-refractivity contribution >= 4 is 33.6 Å². The zero-order valence-electron chi connectivity index (χ0n) is 12.8. The number of amides is 1. The van der Waals surface area contributed by atoms with Crippen LogP contribution in [-0.2, 0) is 11.3 Å². The van der Waals surface area contributed by atoms with Crippen molar-refractivity contribution in [3.63, 3.8) is 0 Å². The summed E-state index contributed by atoms with van der Waals surface area (Å²) in [6, 6.07) is 14.0. The molecule has 1 amide bonds. The Morgan fingerprint density at radius 3 is 2.96 bits per heavy atom. The Hall–Kier alpha value is -1.92. The summed E-state index contributed by atoms with van der Waals surface area (Å²) in [5.41, 5.74) is 2.21. The van der Waals surface area contributed by atoms with Gasteiger partial charge in [-0.05, 0) is 36.4 Å². The van der Waals surface area contributed by atoms with Gasteiger partial charge < -0.3 is 13.9 Å². The molecule has 1 aromatic carbocycles. The molecular formula is C18H15BrN2O2S. The summed E-state index contributed by atoms with van der Waals surface area (Å²) in [4.78, 5) is 14.1. The summed E-state index contributed by atoms with van der Waals surface area (Å²) >= 11 is 5.16. The van der Waals surface area contributed by atoms with Gasteiger partial charge in [-0.15, -0.1) is 11.8 Å². The summed E-state index contributed by atoms with van der Waals surface area (Å²) in [7, 11) is 0. The van der Waals surface area contributed by atoms with E-state index in [1.54, 1.807) is 18.0 Å². The van der Waals surface area contributed by atoms with Gasteiger partial charge in [0, 0.05) is 28.1 Å². The van der Waals surface area contributed by atoms with E-state index in [0.717, 1.165) is 21.5 Å². The third-order valence-corrected chi connectivity index (χ3v) is 5.73. The first-order chi connectivity index (χ1) is 11.7. The lowest BCUT2D eigenvalue weighted by Crippen LogP contribution is -2.27. The van der Waals surface area contributed by atoms with E-state index in [9.17, 15) is 4.79 Å². The number of hydrogen-bond acceptors (Lipinski definition) is 3. The number of thioether (sulfide) groups is 1. The maximum Gasteiger partial charge on any atom is 0.234 e. The van der Waals surface area contributed by atoms with E-state index in [4.69, 9.17) is 4.42 Å². The highest BCUT2D eigenvalue weighted by Crippen LogP contribution is 2.40. The molecule has 1 aliphatic heterocycles. The van der Waals surface area contributed by atoms with Gasteiger partial charge in [-0.2, -0.15) is 0 Å². The van der Waals surface area contributed by atoms with Crippen LogP contribution in [0.25, 0.3) is 5.69 Å². The third kappa shape index (κ3) is 3.03. The number of carbonyl (C=O) groups excluding carboxylic acids is 1. The van der Waals surface area contributed by atoms with E-state index in [-0.39, 0.29) is 11.3 Å². The van der Waals surface area contributed by atoms with Crippen LogP contribution in [0.1, 0.15) is 16.7 Å². The summed E-state index contributed by atoms with van der Waals surface area (Å²) in [6.07, 6.45) is 5.76. The molecule has 4 rings (SSSR count). The fourth-order valence-corrected chi connectivity index (χ4v) is 4.39. The molecule has 0 bridgehead atoms. The van der Waals surface area contributed by atoms with Crippen LogP contribution in [0, 0.1) is 0 Å². The van der Waals surface area contributed by atoms with E-state index in [1.807, 2.05) is 35.4 Å². The fourth-order valence-electron chi connectivity index (χ4n) is 2.83. The highest BCUT2D eigenvalue weighted by molar-refractivity contribution is 9.10. The molecule has 24 heavy (non-hydrogen) atoms. The number of rotatable bonds is 4. The van der Waals surface area contributed by atoms with Crippen LogP contribution in [0.3, 0.4) is 0 Å². The standard InChI is InChI=1S/C18H15BrN2O2S/c19-14-3-1-4-15(9-14)20-7-6-13(10-20)18-21(17(22)12-24-18)11-16-5-2-8-23-16/h1-10,18H,11-12H2/t18-/m1/s1. The lowest BCUT2D eigenvalue weighted by Gasteiger charge is -2.22. The first kappa shape index (κ1) is 15.6. The molecule has 1 atom stereocenters. The minimum Gasteiger partial charge on any atom is -0.467 e. The first-order valence-corrected chi connectivity index (χ1v) is 9.42. The van der Waals surface area contributed by atoms with Crippen molar-refractivity contribution in [1.82, 2.24) is 9.47 Å². The Kier molecular flexibility index (Phi) is 4.24. The predicted octanol–water partition coefficient (Wildman–Crippen LogP) is 4.61. The number of benzene rings is 1. The molecule has 4 nitrogen and oxygen atoms in total. The molecule has 0 unspecified atom stereocenters. The maximum atomic E-state index is 12.3. The van der Waals surface area contributed by atoms with Gasteiger partial charge >= 0.3 is 0 Å². The van der Waals surface area contributed by atoms with E-state index in [2.05, 4.69) is 44.9 Å². The van der Waals surface area contributed by atoms with Crippen molar-refractivity contribution in [3.8, 4) is 5.69 Å². The Bertz CT molecular complexity index is 860. The van der Waals surface area contributed by atoms with Crippen molar-refractivity contribution in [2.75, 3.05) is 5.75 Å². The fraction of sp³-hybridized carbons (Fsp3) is 0.167. The maximum absolute atomic E-state index is 12.3. The van der Waals surface area contributed by atoms with Gasteiger partial charge in [0.2, 0.25) is 5.91 Å². The van der Waals surface area contributed by atoms with Crippen LogP contribution in [0.15, 0.2) is 70.0 Å². The highest BCUT2D eigenvalue weighted by Gasteiger charge is 2.33. The molecule has 122 valence electrons. The minimum atomic E-state index is 0.0241. The number of aromatic nitrogens is 1. The quantitative estimate of drug-likeness (QED) is 0.639. The average molecular weight is 403 g/mol. The molecule has 0 radical (unpaired) electrons. The van der Waals surface area contributed by atoms with E-state index in [0.29, 0.717) is 12.3 Å². The van der Waals surface area contributed by atoms with Gasteiger partial charge in [-0.3, -0.25) is 4.79 Å². The zero-order chi connectivity index (χ0) is 16.5. The number of halogens is 1. The van der Waals surface area contributed by atoms with Gasteiger partial charge in [-0.1, -0.05) is 22.0 Å². The number of furan rings is 1. The SMILES string of the molecule is O=C1CS[C@H](c2ccn(-c3cccc(Br)c3)c2)N1Cc1ccco1. The highest BCUT2D eigenvalue weighted by atomic mass is 79.9. The normalized spacial score (nSPS) is 17.6. The number of hydrogen-bond donors (Lipinski definition) is 0. The van der Waals surface area contributed by atoms with Crippen molar-refractivity contribution in [3.05, 3.63) is 76.9 Å². The lowest BCUT2D eigenvalue weighted by atomic mass is 10.3. The molecule has 1 fully saturated rings. The third-order valence-electron chi connectivity index (χ3n) is 3.98. The molecule has 0 saturated carbocycles. The molecular weight excluding hydrogens is 388 g/mol. The van der Waals surface area contributed by atoms with Crippen LogP contribution >= 0.6 is 27.7 Å². The predicted molar refractivity (Wildman–Crippen MR) is 97.9 cm³/mol. The van der Waals surface area contributed by atoms with Crippen molar-refractivity contribution in [1.29, 1.82) is 0 Å². The molecule has 1 aliphatic rings. The molecule has 0 N–H and O–H groups in total. The van der Waals surface area contributed by atoms with E-state index < -0.39 is 0 Å². The Balaban J connectivity index is 1.60. The summed E-state index contributed by atoms with van der Waals surface area (Å²) < 4.78 is 8.52. The molecule has 3 heterocycles. The Labute approximate surface area is 152 Å². The average Bonchev–Trinajstić information content (AvgIpc) is 3.30. The van der Waals surface area contributed by atoms with Crippen molar-refractivity contribution < 1.29 is 9.21 Å². The van der Waals surface area contributed by atoms with Gasteiger partial charge in [0.25, 0.3) is 0 Å². The van der Waals surface area contributed by atoms with E-state index in [1.165, 1.54) is 0 Å². The second-order valence-electron chi connectivity index (χ2n) is 5.60. The number of nitrogens with zero attached hydrogens (tertiary/aromatic N) is 2. The number of carbonyl (C=O) groups is 1. The smallest absolute Gasteiger partial charge is 0.234 e. The van der Waals surface area contributed by atoms with Gasteiger partial charge in [-0.25, -0.2) is 0 Å². The van der Waals surface area contributed by atoms with Gasteiger partial charge in [0.15, 0.2) is 0 Å². The summed E-state index contributed by atoms with van der Waals surface area (Å²) in [6.45, 7) is 0.506. The van der Waals surface area contributed by atoms with Crippen LogP contribution in [0.5, 0.6) is 0 Å². The molecule has 0 spiro atoms. The minimum absolute atomic E-state index is 0.0241. The largest absolute Gasteiger partial charge is 0.467 e. The Morgan fingerprint density at radius 2 is 2.17 bits per heavy atom. The monoisotopic (exact) mass is 402 g/mol. The van der Waals surface area contributed by atoms with E-state index >= 15 is 0 Å². The van der Waals surface area contributed by atoms with Crippen LogP contribution in [-0.4, -0.2) is 21.1 Å². The molecule has 2 aromatic heterocycles. The van der Waals surface area contributed by atoms with Gasteiger partial charge in [0.05, 0.1) is 18.6 Å². The van der Waals surface area contributed by atoms with Crippen molar-refractivity contribution in [2.24, 2.45) is 0 Å². The zero-order valence-corrected chi connectivity index (χ0v) is 15.2. The van der Waals surface area contributed by atoms with Crippen LogP contribution in [0.2, 0.25) is 0 Å². The van der Waals surface area contributed by atoms with Crippen molar-refractivity contribution in [2.45, 2.75) is 11.9 Å². The second-order valence-corrected chi connectivity index (χ2v) is 7.58. The summed E-state index contributed by atoms with van der Waals surface area (Å²) in [5, 5.41) is 0.0241. The Morgan fingerprint density at radius 1 is 1.25 bits per heavy atom. The molecule has 6 heteroatoms. The first-order valence-electron chi connectivity index (χ1n) is 7.58. The molecule has 3 aromatic rings. The van der Waals surface area contributed by atoms with Crippen LogP contribution < -0.4 is 0 Å².